The summed E-state index contributed by atoms with van der Waals surface area (Å²) in [5.41, 5.74) is 5.49. The van der Waals surface area contributed by atoms with Gasteiger partial charge < -0.3 is 11.1 Å². The summed E-state index contributed by atoms with van der Waals surface area (Å²) in [6.07, 6.45) is 23.8. The molecule has 0 saturated heterocycles. The number of hydrogen-bond acceptors (Lipinski definition) is 3. The van der Waals surface area contributed by atoms with Gasteiger partial charge in [0.2, 0.25) is 11.8 Å². The number of unbranched alkanes of at least 4 members (excludes halogenated alkanes) is 8. The second-order valence-corrected chi connectivity index (χ2v) is 7.33. The molecule has 29 heavy (non-hydrogen) atoms. The number of anilines is 1. The topological polar surface area (TPSA) is 85.1 Å². The molecule has 0 saturated carbocycles. The first-order valence-corrected chi connectivity index (χ1v) is 11.0. The summed E-state index contributed by atoms with van der Waals surface area (Å²) in [6, 6.07) is 3.15. The van der Waals surface area contributed by atoms with E-state index in [2.05, 4.69) is 41.5 Å². The van der Waals surface area contributed by atoms with Crippen LogP contribution in [0.1, 0.15) is 94.3 Å². The predicted molar refractivity (Wildman–Crippen MR) is 121 cm³/mol. The van der Waals surface area contributed by atoms with Crippen LogP contribution in [0.3, 0.4) is 0 Å². The number of primary amides is 1. The zero-order chi connectivity index (χ0) is 21.2. The molecule has 0 aliphatic carbocycles. The van der Waals surface area contributed by atoms with Gasteiger partial charge in [-0.1, -0.05) is 63.3 Å². The number of carbonyl (C=O) groups excluding carboxylic acids is 2. The number of carbonyl (C=O) groups is 2. The van der Waals surface area contributed by atoms with E-state index in [1.165, 1.54) is 44.7 Å². The van der Waals surface area contributed by atoms with Gasteiger partial charge in [-0.3, -0.25) is 9.59 Å². The van der Waals surface area contributed by atoms with Gasteiger partial charge in [-0.25, -0.2) is 4.98 Å². The van der Waals surface area contributed by atoms with Crippen LogP contribution in [0.5, 0.6) is 0 Å². The third-order valence-electron chi connectivity index (χ3n) is 4.67. The maximum atomic E-state index is 11.9. The molecular formula is C24H37N3O2. The van der Waals surface area contributed by atoms with Crippen molar-refractivity contribution in [1.29, 1.82) is 0 Å². The molecular weight excluding hydrogens is 362 g/mol. The highest BCUT2D eigenvalue weighted by Crippen LogP contribution is 2.10. The van der Waals surface area contributed by atoms with Gasteiger partial charge in [0, 0.05) is 12.6 Å². The number of amides is 2. The van der Waals surface area contributed by atoms with E-state index in [-0.39, 0.29) is 5.91 Å². The van der Waals surface area contributed by atoms with Crippen LogP contribution >= 0.6 is 0 Å². The molecule has 0 spiro atoms. The Labute approximate surface area is 175 Å². The molecule has 0 radical (unpaired) electrons. The molecule has 0 aromatic carbocycles. The lowest BCUT2D eigenvalue weighted by Gasteiger charge is -2.05. The Morgan fingerprint density at radius 1 is 0.931 bits per heavy atom. The predicted octanol–water partition coefficient (Wildman–Crippen LogP) is 5.93. The fourth-order valence-corrected chi connectivity index (χ4v) is 2.92. The van der Waals surface area contributed by atoms with Crippen molar-refractivity contribution in [2.24, 2.45) is 5.73 Å². The molecule has 0 aliphatic rings. The van der Waals surface area contributed by atoms with E-state index in [1.807, 2.05) is 0 Å². The second kappa shape index (κ2) is 16.5. The number of rotatable bonds is 16. The van der Waals surface area contributed by atoms with Gasteiger partial charge >= 0.3 is 0 Å². The Balaban J connectivity index is 1.96. The van der Waals surface area contributed by atoms with Crippen molar-refractivity contribution in [1.82, 2.24) is 4.98 Å². The van der Waals surface area contributed by atoms with E-state index in [9.17, 15) is 9.59 Å². The largest absolute Gasteiger partial charge is 0.366 e. The van der Waals surface area contributed by atoms with Crippen molar-refractivity contribution in [3.8, 4) is 0 Å². The van der Waals surface area contributed by atoms with Crippen LogP contribution in [0.15, 0.2) is 42.6 Å². The van der Waals surface area contributed by atoms with Crippen LogP contribution in [0.25, 0.3) is 0 Å². The van der Waals surface area contributed by atoms with Crippen LogP contribution in [0.4, 0.5) is 5.82 Å². The molecule has 1 aromatic heterocycles. The summed E-state index contributed by atoms with van der Waals surface area (Å²) in [4.78, 5) is 26.9. The van der Waals surface area contributed by atoms with Crippen molar-refractivity contribution < 1.29 is 9.59 Å². The van der Waals surface area contributed by atoms with Gasteiger partial charge in [-0.15, -0.1) is 0 Å². The van der Waals surface area contributed by atoms with E-state index in [1.54, 1.807) is 12.1 Å². The molecule has 1 heterocycles. The monoisotopic (exact) mass is 399 g/mol. The van der Waals surface area contributed by atoms with Crippen molar-refractivity contribution in [2.75, 3.05) is 5.32 Å². The van der Waals surface area contributed by atoms with Gasteiger partial charge in [0.25, 0.3) is 0 Å². The molecule has 5 nitrogen and oxygen atoms in total. The molecule has 0 atom stereocenters. The number of pyridine rings is 1. The fraction of sp³-hybridized carbons (Fsp3) is 0.542. The Morgan fingerprint density at radius 2 is 1.59 bits per heavy atom. The van der Waals surface area contributed by atoms with Crippen LogP contribution in [-0.4, -0.2) is 16.8 Å². The lowest BCUT2D eigenvalue weighted by Crippen LogP contribution is -2.14. The van der Waals surface area contributed by atoms with Crippen molar-refractivity contribution in [3.63, 3.8) is 0 Å². The zero-order valence-corrected chi connectivity index (χ0v) is 17.9. The highest BCUT2D eigenvalue weighted by Gasteiger charge is 2.05. The summed E-state index contributed by atoms with van der Waals surface area (Å²) in [7, 11) is 0. The SMILES string of the molecule is CCCCC/C=C\C/C=C\CCCCCCCC(=O)Nc1ccc(C(N)=O)cn1. The summed E-state index contributed by atoms with van der Waals surface area (Å²) in [6.45, 7) is 2.23. The highest BCUT2D eigenvalue weighted by atomic mass is 16.2. The third-order valence-corrected chi connectivity index (χ3v) is 4.67. The summed E-state index contributed by atoms with van der Waals surface area (Å²) < 4.78 is 0. The number of allylic oxidation sites excluding steroid dienone is 4. The normalized spacial score (nSPS) is 11.3. The molecule has 0 bridgehead atoms. The minimum Gasteiger partial charge on any atom is -0.366 e. The van der Waals surface area contributed by atoms with Gasteiger partial charge in [0.1, 0.15) is 5.82 Å². The Kier molecular flexibility index (Phi) is 14.0. The van der Waals surface area contributed by atoms with Crippen molar-refractivity contribution in [3.05, 3.63) is 48.2 Å². The lowest BCUT2D eigenvalue weighted by atomic mass is 10.1. The third kappa shape index (κ3) is 13.4. The van der Waals surface area contributed by atoms with Gasteiger partial charge in [0.15, 0.2) is 0 Å². The Morgan fingerprint density at radius 3 is 2.21 bits per heavy atom. The van der Waals surface area contributed by atoms with Gasteiger partial charge in [-0.2, -0.15) is 0 Å². The minimum atomic E-state index is -0.527. The Bertz CT molecular complexity index is 636. The molecule has 1 aromatic rings. The van der Waals surface area contributed by atoms with Crippen molar-refractivity contribution in [2.45, 2.75) is 84.0 Å². The summed E-state index contributed by atoms with van der Waals surface area (Å²) >= 11 is 0. The molecule has 1 rings (SSSR count). The standard InChI is InChI=1S/C24H37N3O2/c1-2-3-4-5-6-7-8-9-10-11-12-13-14-15-16-17-23(28)27-22-19-18-21(20-26-22)24(25)29/h6-7,9-10,18-20H,2-5,8,11-17H2,1H3,(H2,25,29)(H,26,27,28)/b7-6-,10-9-. The average Bonchev–Trinajstić information content (AvgIpc) is 2.71. The summed E-state index contributed by atoms with van der Waals surface area (Å²) in [5.74, 6) is -0.127. The van der Waals surface area contributed by atoms with E-state index < -0.39 is 5.91 Å². The van der Waals surface area contributed by atoms with Crippen LogP contribution in [0, 0.1) is 0 Å². The number of aromatic nitrogens is 1. The quantitative estimate of drug-likeness (QED) is 0.267. The highest BCUT2D eigenvalue weighted by molar-refractivity contribution is 5.93. The average molecular weight is 400 g/mol. The van der Waals surface area contributed by atoms with Crippen LogP contribution < -0.4 is 11.1 Å². The minimum absolute atomic E-state index is 0.0463. The molecule has 5 heteroatoms. The lowest BCUT2D eigenvalue weighted by molar-refractivity contribution is -0.116. The molecule has 0 fully saturated rings. The number of hydrogen-bond donors (Lipinski definition) is 2. The fourth-order valence-electron chi connectivity index (χ4n) is 2.92. The molecule has 3 N–H and O–H groups in total. The summed E-state index contributed by atoms with van der Waals surface area (Å²) in [5, 5.41) is 2.74. The van der Waals surface area contributed by atoms with E-state index in [0.717, 1.165) is 32.1 Å². The van der Waals surface area contributed by atoms with Crippen molar-refractivity contribution >= 4 is 17.6 Å². The zero-order valence-electron chi connectivity index (χ0n) is 17.9. The van der Waals surface area contributed by atoms with Gasteiger partial charge in [0.05, 0.1) is 5.56 Å². The Hall–Kier alpha value is -2.43. The molecule has 0 aliphatic heterocycles. The number of nitrogens with two attached hydrogens (primary N) is 1. The first kappa shape index (κ1) is 24.6. The maximum Gasteiger partial charge on any atom is 0.250 e. The molecule has 160 valence electrons. The number of nitrogens with zero attached hydrogens (tertiary/aromatic N) is 1. The van der Waals surface area contributed by atoms with E-state index in [0.29, 0.717) is 17.8 Å². The number of nitrogens with one attached hydrogen (secondary N) is 1. The smallest absolute Gasteiger partial charge is 0.250 e. The van der Waals surface area contributed by atoms with E-state index in [4.69, 9.17) is 5.73 Å². The molecule has 2 amide bonds. The maximum absolute atomic E-state index is 11.9. The molecule has 0 unspecified atom stereocenters. The second-order valence-electron chi connectivity index (χ2n) is 7.33. The van der Waals surface area contributed by atoms with Gasteiger partial charge in [-0.05, 0) is 50.7 Å². The van der Waals surface area contributed by atoms with Crippen LogP contribution in [-0.2, 0) is 4.79 Å². The first-order valence-electron chi connectivity index (χ1n) is 11.0. The van der Waals surface area contributed by atoms with Crippen LogP contribution in [0.2, 0.25) is 0 Å². The first-order chi connectivity index (χ1) is 14.1. The van der Waals surface area contributed by atoms with E-state index >= 15 is 0 Å².